The molecule has 0 bridgehead atoms. The molecule has 0 fully saturated rings. The molecule has 4 heteroatoms. The number of hydrogen-bond acceptors (Lipinski definition) is 2. The van der Waals surface area contributed by atoms with E-state index >= 15 is 0 Å². The quantitative estimate of drug-likeness (QED) is 0.803. The number of nitriles is 1. The molecule has 2 nitrogen and oxygen atoms in total. The summed E-state index contributed by atoms with van der Waals surface area (Å²) in [5.74, 6) is 0. The number of benzene rings is 2. The molecule has 0 saturated heterocycles. The van der Waals surface area contributed by atoms with E-state index in [1.54, 1.807) is 12.1 Å². The van der Waals surface area contributed by atoms with Crippen LogP contribution in [0.5, 0.6) is 0 Å². The van der Waals surface area contributed by atoms with Crippen LogP contribution < -0.4 is 5.32 Å². The Bertz CT molecular complexity index is 573. The molecule has 0 atom stereocenters. The topological polar surface area (TPSA) is 35.8 Å². The van der Waals surface area contributed by atoms with Gasteiger partial charge in [0.2, 0.25) is 0 Å². The number of nitrogens with zero attached hydrogens (tertiary/aromatic N) is 1. The van der Waals surface area contributed by atoms with Crippen molar-refractivity contribution in [1.82, 2.24) is 0 Å². The molecule has 17 heavy (non-hydrogen) atoms. The second-order valence-corrected chi connectivity index (χ2v) is 5.09. The molecule has 0 amide bonds. The van der Waals surface area contributed by atoms with Gasteiger partial charge in [-0.3, -0.25) is 0 Å². The predicted octanol–water partition coefficient (Wildman–Crippen LogP) is 4.56. The van der Waals surface area contributed by atoms with Gasteiger partial charge in [0.25, 0.3) is 0 Å². The van der Waals surface area contributed by atoms with E-state index < -0.39 is 0 Å². The molecular formula is C13H8ClIN2. The highest BCUT2D eigenvalue weighted by molar-refractivity contribution is 14.1. The molecule has 84 valence electrons. The van der Waals surface area contributed by atoms with Crippen LogP contribution in [0.15, 0.2) is 42.5 Å². The van der Waals surface area contributed by atoms with Crippen molar-refractivity contribution in [2.24, 2.45) is 0 Å². The highest BCUT2D eigenvalue weighted by atomic mass is 127. The Morgan fingerprint density at radius 2 is 1.71 bits per heavy atom. The minimum atomic E-state index is 0.461. The standard InChI is InChI=1S/C13H8ClIN2/c14-13-7-12(4-1-9(13)8-16)17-11-5-2-10(15)3-6-11/h1-7,17H. The molecule has 0 heterocycles. The lowest BCUT2D eigenvalue weighted by molar-refractivity contribution is 1.47. The molecule has 0 unspecified atom stereocenters. The molecule has 2 aromatic rings. The zero-order valence-electron chi connectivity index (χ0n) is 8.74. The number of anilines is 2. The van der Waals surface area contributed by atoms with Gasteiger partial charge in [-0.25, -0.2) is 0 Å². The Balaban J connectivity index is 2.22. The van der Waals surface area contributed by atoms with Gasteiger partial charge in [0.15, 0.2) is 0 Å². The Hall–Kier alpha value is -1.25. The molecule has 0 saturated carbocycles. The number of nitrogens with one attached hydrogen (secondary N) is 1. The third kappa shape index (κ3) is 3.11. The van der Waals surface area contributed by atoms with Crippen molar-refractivity contribution in [1.29, 1.82) is 5.26 Å². The third-order valence-corrected chi connectivity index (χ3v) is 3.25. The van der Waals surface area contributed by atoms with Crippen molar-refractivity contribution in [3.63, 3.8) is 0 Å². The van der Waals surface area contributed by atoms with Crippen molar-refractivity contribution in [2.75, 3.05) is 5.32 Å². The summed E-state index contributed by atoms with van der Waals surface area (Å²) in [4.78, 5) is 0. The molecule has 2 aromatic carbocycles. The minimum absolute atomic E-state index is 0.461. The predicted molar refractivity (Wildman–Crippen MR) is 78.6 cm³/mol. The minimum Gasteiger partial charge on any atom is -0.355 e. The number of rotatable bonds is 2. The van der Waals surface area contributed by atoms with Gasteiger partial charge in [-0.2, -0.15) is 5.26 Å². The SMILES string of the molecule is N#Cc1ccc(Nc2ccc(I)cc2)cc1Cl. The molecule has 0 radical (unpaired) electrons. The highest BCUT2D eigenvalue weighted by Gasteiger charge is 2.01. The van der Waals surface area contributed by atoms with Crippen molar-refractivity contribution in [2.45, 2.75) is 0 Å². The van der Waals surface area contributed by atoms with Crippen molar-refractivity contribution >= 4 is 45.6 Å². The van der Waals surface area contributed by atoms with Crippen LogP contribution in [0.2, 0.25) is 5.02 Å². The summed E-state index contributed by atoms with van der Waals surface area (Å²) >= 11 is 8.21. The monoisotopic (exact) mass is 354 g/mol. The maximum Gasteiger partial charge on any atom is 0.101 e. The van der Waals surface area contributed by atoms with Crippen LogP contribution >= 0.6 is 34.2 Å². The van der Waals surface area contributed by atoms with Gasteiger partial charge >= 0.3 is 0 Å². The van der Waals surface area contributed by atoms with Crippen LogP contribution in [0.25, 0.3) is 0 Å². The molecule has 1 N–H and O–H groups in total. The lowest BCUT2D eigenvalue weighted by atomic mass is 10.2. The Morgan fingerprint density at radius 3 is 2.29 bits per heavy atom. The largest absolute Gasteiger partial charge is 0.355 e. The summed E-state index contributed by atoms with van der Waals surface area (Å²) in [6.45, 7) is 0. The third-order valence-electron chi connectivity index (χ3n) is 2.22. The second-order valence-electron chi connectivity index (χ2n) is 3.44. The molecule has 0 aliphatic carbocycles. The van der Waals surface area contributed by atoms with Crippen LogP contribution in [0.4, 0.5) is 11.4 Å². The molecule has 2 rings (SSSR count). The van der Waals surface area contributed by atoms with Crippen LogP contribution in [0.1, 0.15) is 5.56 Å². The first kappa shape index (κ1) is 12.2. The molecule has 0 aliphatic heterocycles. The van der Waals surface area contributed by atoms with Gasteiger partial charge in [-0.05, 0) is 65.1 Å². The average molecular weight is 355 g/mol. The van der Waals surface area contributed by atoms with E-state index in [1.807, 2.05) is 36.4 Å². The van der Waals surface area contributed by atoms with Crippen LogP contribution in [-0.2, 0) is 0 Å². The number of halogens is 2. The Kier molecular flexibility index (Phi) is 3.87. The van der Waals surface area contributed by atoms with E-state index in [-0.39, 0.29) is 0 Å². The summed E-state index contributed by atoms with van der Waals surface area (Å²) in [7, 11) is 0. The average Bonchev–Trinajstić information content (AvgIpc) is 2.32. The van der Waals surface area contributed by atoms with Gasteiger partial charge in [0.1, 0.15) is 6.07 Å². The van der Waals surface area contributed by atoms with E-state index in [4.69, 9.17) is 16.9 Å². The van der Waals surface area contributed by atoms with Crippen molar-refractivity contribution in [3.05, 3.63) is 56.6 Å². The zero-order valence-corrected chi connectivity index (χ0v) is 11.7. The first-order valence-corrected chi connectivity index (χ1v) is 6.37. The van der Waals surface area contributed by atoms with E-state index in [1.165, 1.54) is 3.57 Å². The number of hydrogen-bond donors (Lipinski definition) is 1. The summed E-state index contributed by atoms with van der Waals surface area (Å²) in [6, 6.07) is 15.4. The summed E-state index contributed by atoms with van der Waals surface area (Å²) < 4.78 is 1.19. The lowest BCUT2D eigenvalue weighted by Crippen LogP contribution is -1.90. The second kappa shape index (κ2) is 5.39. The van der Waals surface area contributed by atoms with E-state index in [9.17, 15) is 0 Å². The van der Waals surface area contributed by atoms with Gasteiger partial charge in [0, 0.05) is 14.9 Å². The molecule has 0 spiro atoms. The zero-order chi connectivity index (χ0) is 12.3. The van der Waals surface area contributed by atoms with E-state index in [0.717, 1.165) is 11.4 Å². The van der Waals surface area contributed by atoms with Crippen LogP contribution in [0, 0.1) is 14.9 Å². The van der Waals surface area contributed by atoms with Crippen molar-refractivity contribution in [3.8, 4) is 6.07 Å². The van der Waals surface area contributed by atoms with Gasteiger partial charge in [0.05, 0.1) is 10.6 Å². The maximum atomic E-state index is 8.77. The first-order chi connectivity index (χ1) is 8.19. The maximum absolute atomic E-state index is 8.77. The van der Waals surface area contributed by atoms with Gasteiger partial charge < -0.3 is 5.32 Å². The molecule has 0 aromatic heterocycles. The van der Waals surface area contributed by atoms with Gasteiger partial charge in [-0.1, -0.05) is 11.6 Å². The molecule has 0 aliphatic rings. The molecular weight excluding hydrogens is 347 g/mol. The van der Waals surface area contributed by atoms with E-state index in [0.29, 0.717) is 10.6 Å². The van der Waals surface area contributed by atoms with Crippen molar-refractivity contribution < 1.29 is 0 Å². The summed E-state index contributed by atoms with van der Waals surface area (Å²) in [5, 5.41) is 12.5. The van der Waals surface area contributed by atoms with Gasteiger partial charge in [-0.15, -0.1) is 0 Å². The lowest BCUT2D eigenvalue weighted by Gasteiger charge is -2.07. The fourth-order valence-electron chi connectivity index (χ4n) is 1.38. The normalized spacial score (nSPS) is 9.71. The Labute approximate surface area is 118 Å². The van der Waals surface area contributed by atoms with Crippen LogP contribution in [-0.4, -0.2) is 0 Å². The van der Waals surface area contributed by atoms with Crippen LogP contribution in [0.3, 0.4) is 0 Å². The van der Waals surface area contributed by atoms with E-state index in [2.05, 4.69) is 27.9 Å². The smallest absolute Gasteiger partial charge is 0.101 e. The highest BCUT2D eigenvalue weighted by Crippen LogP contribution is 2.23. The fraction of sp³-hybridized carbons (Fsp3) is 0. The summed E-state index contributed by atoms with van der Waals surface area (Å²) in [5.41, 5.74) is 2.35. The summed E-state index contributed by atoms with van der Waals surface area (Å²) in [6.07, 6.45) is 0. The fourth-order valence-corrected chi connectivity index (χ4v) is 1.97. The first-order valence-electron chi connectivity index (χ1n) is 4.91. The Morgan fingerprint density at radius 1 is 1.06 bits per heavy atom.